The lowest BCUT2D eigenvalue weighted by Crippen LogP contribution is -2.36. The zero-order chi connectivity index (χ0) is 8.27. The van der Waals surface area contributed by atoms with Gasteiger partial charge in [-0.15, -0.1) is 11.8 Å². The standard InChI is InChI=1S/C7H13NO2S/c1-2-6(10)8-3-4-11-7(8)5-9/h7,9H,2-5H2,1H3. The normalized spacial score (nSPS) is 24.2. The third-order valence-corrected chi connectivity index (χ3v) is 2.98. The van der Waals surface area contributed by atoms with Gasteiger partial charge in [-0.3, -0.25) is 4.79 Å². The molecule has 1 rings (SSSR count). The fraction of sp³-hybridized carbons (Fsp3) is 0.857. The van der Waals surface area contributed by atoms with Crippen molar-refractivity contribution in [3.63, 3.8) is 0 Å². The molecule has 1 heterocycles. The van der Waals surface area contributed by atoms with E-state index < -0.39 is 0 Å². The Bertz CT molecular complexity index is 151. The van der Waals surface area contributed by atoms with Gasteiger partial charge in [0.15, 0.2) is 0 Å². The van der Waals surface area contributed by atoms with E-state index in [1.807, 2.05) is 6.92 Å². The maximum Gasteiger partial charge on any atom is 0.223 e. The average molecular weight is 175 g/mol. The highest BCUT2D eigenvalue weighted by molar-refractivity contribution is 8.00. The number of aliphatic hydroxyl groups is 1. The van der Waals surface area contributed by atoms with E-state index in [1.165, 1.54) is 0 Å². The van der Waals surface area contributed by atoms with Crippen LogP contribution in [-0.2, 0) is 4.79 Å². The SMILES string of the molecule is CCC(=O)N1CCSC1CO. The second-order valence-corrected chi connectivity index (χ2v) is 3.73. The van der Waals surface area contributed by atoms with Gasteiger partial charge in [0.1, 0.15) is 5.37 Å². The number of aliphatic hydroxyl groups excluding tert-OH is 1. The van der Waals surface area contributed by atoms with Crippen molar-refractivity contribution in [1.82, 2.24) is 4.90 Å². The van der Waals surface area contributed by atoms with Crippen LogP contribution < -0.4 is 0 Å². The molecule has 0 spiro atoms. The molecule has 0 bridgehead atoms. The molecule has 1 amide bonds. The minimum Gasteiger partial charge on any atom is -0.393 e. The highest BCUT2D eigenvalue weighted by Gasteiger charge is 2.27. The molecule has 1 atom stereocenters. The minimum absolute atomic E-state index is 0.0162. The largest absolute Gasteiger partial charge is 0.393 e. The number of amides is 1. The van der Waals surface area contributed by atoms with Gasteiger partial charge in [-0.2, -0.15) is 0 Å². The molecule has 0 aliphatic carbocycles. The Kier molecular flexibility index (Phi) is 3.20. The Morgan fingerprint density at radius 3 is 3.09 bits per heavy atom. The fourth-order valence-corrected chi connectivity index (χ4v) is 2.24. The number of hydrogen-bond acceptors (Lipinski definition) is 3. The first-order valence-electron chi connectivity index (χ1n) is 3.81. The molecule has 1 unspecified atom stereocenters. The van der Waals surface area contributed by atoms with Crippen LogP contribution in [0.3, 0.4) is 0 Å². The third kappa shape index (κ3) is 1.87. The van der Waals surface area contributed by atoms with Crippen molar-refractivity contribution in [2.45, 2.75) is 18.7 Å². The lowest BCUT2D eigenvalue weighted by atomic mass is 10.4. The molecule has 1 aliphatic rings. The second kappa shape index (κ2) is 3.97. The first-order chi connectivity index (χ1) is 5.29. The van der Waals surface area contributed by atoms with Gasteiger partial charge in [-0.05, 0) is 0 Å². The molecule has 1 N–H and O–H groups in total. The molecule has 0 aromatic carbocycles. The maximum absolute atomic E-state index is 11.2. The van der Waals surface area contributed by atoms with Crippen molar-refractivity contribution in [3.05, 3.63) is 0 Å². The highest BCUT2D eigenvalue weighted by Crippen LogP contribution is 2.23. The van der Waals surface area contributed by atoms with E-state index in [4.69, 9.17) is 5.11 Å². The number of nitrogens with zero attached hydrogens (tertiary/aromatic N) is 1. The third-order valence-electron chi connectivity index (χ3n) is 1.77. The van der Waals surface area contributed by atoms with Crippen molar-refractivity contribution in [1.29, 1.82) is 0 Å². The number of carbonyl (C=O) groups excluding carboxylic acids is 1. The Labute approximate surface area is 70.8 Å². The van der Waals surface area contributed by atoms with E-state index >= 15 is 0 Å². The molecule has 1 aliphatic heterocycles. The molecule has 4 heteroatoms. The topological polar surface area (TPSA) is 40.5 Å². The average Bonchev–Trinajstić information content (AvgIpc) is 2.50. The fourth-order valence-electron chi connectivity index (χ4n) is 1.16. The summed E-state index contributed by atoms with van der Waals surface area (Å²) in [6.07, 6.45) is 0.539. The van der Waals surface area contributed by atoms with E-state index in [0.29, 0.717) is 6.42 Å². The number of thioether (sulfide) groups is 1. The smallest absolute Gasteiger partial charge is 0.223 e. The van der Waals surface area contributed by atoms with Crippen LogP contribution in [0, 0.1) is 0 Å². The lowest BCUT2D eigenvalue weighted by Gasteiger charge is -2.20. The minimum atomic E-state index is 0.0162. The van der Waals surface area contributed by atoms with Gasteiger partial charge in [-0.25, -0.2) is 0 Å². The highest BCUT2D eigenvalue weighted by atomic mass is 32.2. The summed E-state index contributed by atoms with van der Waals surface area (Å²) in [6, 6.07) is 0. The van der Waals surface area contributed by atoms with E-state index in [0.717, 1.165) is 12.3 Å². The maximum atomic E-state index is 11.2. The van der Waals surface area contributed by atoms with Crippen molar-refractivity contribution >= 4 is 17.7 Å². The summed E-state index contributed by atoms with van der Waals surface area (Å²) in [5, 5.41) is 8.88. The van der Waals surface area contributed by atoms with Gasteiger partial charge in [0.05, 0.1) is 6.61 Å². The van der Waals surface area contributed by atoms with Gasteiger partial charge in [0.25, 0.3) is 0 Å². The zero-order valence-corrected chi connectivity index (χ0v) is 7.43. The quantitative estimate of drug-likeness (QED) is 0.656. The Hall–Kier alpha value is -0.220. The Morgan fingerprint density at radius 2 is 2.55 bits per heavy atom. The number of rotatable bonds is 2. The summed E-state index contributed by atoms with van der Waals surface area (Å²) in [5.74, 6) is 1.10. The summed E-state index contributed by atoms with van der Waals surface area (Å²) in [6.45, 7) is 2.72. The van der Waals surface area contributed by atoms with E-state index in [9.17, 15) is 4.79 Å². The van der Waals surface area contributed by atoms with Gasteiger partial charge < -0.3 is 10.0 Å². The van der Waals surface area contributed by atoms with E-state index in [-0.39, 0.29) is 17.9 Å². The molecule has 64 valence electrons. The second-order valence-electron chi connectivity index (χ2n) is 2.45. The van der Waals surface area contributed by atoms with Crippen molar-refractivity contribution < 1.29 is 9.90 Å². The summed E-state index contributed by atoms with van der Waals surface area (Å²) in [4.78, 5) is 12.9. The lowest BCUT2D eigenvalue weighted by molar-refractivity contribution is -0.131. The predicted molar refractivity (Wildman–Crippen MR) is 45.3 cm³/mol. The molecule has 1 fully saturated rings. The van der Waals surface area contributed by atoms with Crippen LogP contribution in [0.4, 0.5) is 0 Å². The zero-order valence-electron chi connectivity index (χ0n) is 6.62. The Morgan fingerprint density at radius 1 is 1.82 bits per heavy atom. The van der Waals surface area contributed by atoms with Crippen LogP contribution in [0.1, 0.15) is 13.3 Å². The first-order valence-corrected chi connectivity index (χ1v) is 4.86. The summed E-state index contributed by atoms with van der Waals surface area (Å²) >= 11 is 1.65. The van der Waals surface area contributed by atoms with Crippen LogP contribution in [0.5, 0.6) is 0 Å². The molecular weight excluding hydrogens is 162 g/mol. The van der Waals surface area contributed by atoms with Crippen molar-refractivity contribution in [2.24, 2.45) is 0 Å². The Balaban J connectivity index is 2.49. The molecule has 0 aromatic heterocycles. The van der Waals surface area contributed by atoms with Crippen molar-refractivity contribution in [3.8, 4) is 0 Å². The molecule has 0 aromatic rings. The summed E-state index contributed by atoms with van der Waals surface area (Å²) in [7, 11) is 0. The van der Waals surface area contributed by atoms with Gasteiger partial charge in [-0.1, -0.05) is 6.92 Å². The van der Waals surface area contributed by atoms with Crippen molar-refractivity contribution in [2.75, 3.05) is 18.9 Å². The number of hydrogen-bond donors (Lipinski definition) is 1. The number of carbonyl (C=O) groups is 1. The van der Waals surface area contributed by atoms with Crippen LogP contribution in [0.2, 0.25) is 0 Å². The molecule has 0 radical (unpaired) electrons. The molecule has 0 saturated carbocycles. The van der Waals surface area contributed by atoms with Gasteiger partial charge in [0.2, 0.25) is 5.91 Å². The molecule has 1 saturated heterocycles. The van der Waals surface area contributed by atoms with Crippen LogP contribution in [-0.4, -0.2) is 40.2 Å². The van der Waals surface area contributed by atoms with E-state index in [2.05, 4.69) is 0 Å². The first kappa shape index (κ1) is 8.87. The van der Waals surface area contributed by atoms with E-state index in [1.54, 1.807) is 16.7 Å². The molecular formula is C7H13NO2S. The molecule has 3 nitrogen and oxygen atoms in total. The summed E-state index contributed by atoms with van der Waals surface area (Å²) < 4.78 is 0. The predicted octanol–water partition coefficient (Wildman–Crippen LogP) is 0.290. The van der Waals surface area contributed by atoms with Crippen LogP contribution in [0.15, 0.2) is 0 Å². The van der Waals surface area contributed by atoms with Crippen LogP contribution >= 0.6 is 11.8 Å². The molecule has 11 heavy (non-hydrogen) atoms. The van der Waals surface area contributed by atoms with Crippen LogP contribution in [0.25, 0.3) is 0 Å². The van der Waals surface area contributed by atoms with Gasteiger partial charge >= 0.3 is 0 Å². The summed E-state index contributed by atoms with van der Waals surface area (Å²) in [5.41, 5.74) is 0. The van der Waals surface area contributed by atoms with Gasteiger partial charge in [0, 0.05) is 18.7 Å². The monoisotopic (exact) mass is 175 g/mol.